The molecule has 0 bridgehead atoms. The van der Waals surface area contributed by atoms with Crippen LogP contribution < -0.4 is 0 Å². The highest BCUT2D eigenvalue weighted by molar-refractivity contribution is 7.47. The zero-order chi connectivity index (χ0) is 28.6. The van der Waals surface area contributed by atoms with Crippen LogP contribution in [-0.4, -0.2) is 97.4 Å². The van der Waals surface area contributed by atoms with Gasteiger partial charge in [-0.1, -0.05) is 84.0 Å². The number of phosphoric ester groups is 1. The van der Waals surface area contributed by atoms with Crippen LogP contribution >= 0.6 is 7.82 Å². The summed E-state index contributed by atoms with van der Waals surface area (Å²) in [4.78, 5) is 21.6. The van der Waals surface area contributed by atoms with Crippen LogP contribution in [0.25, 0.3) is 0 Å². The summed E-state index contributed by atoms with van der Waals surface area (Å²) in [6, 6.07) is 0. The van der Waals surface area contributed by atoms with Crippen molar-refractivity contribution in [2.45, 2.75) is 140 Å². The molecule has 6 unspecified atom stereocenters. The minimum atomic E-state index is -4.98. The van der Waals surface area contributed by atoms with Crippen molar-refractivity contribution in [2.24, 2.45) is 0 Å². The Morgan fingerprint density at radius 3 is 1.61 bits per heavy atom. The van der Waals surface area contributed by atoms with Gasteiger partial charge in [-0.3, -0.25) is 13.8 Å². The van der Waals surface area contributed by atoms with Crippen molar-refractivity contribution >= 4 is 13.8 Å². The average molecular weight is 573 g/mol. The second kappa shape index (κ2) is 19.4. The molecule has 1 fully saturated rings. The summed E-state index contributed by atoms with van der Waals surface area (Å²) in [6.07, 6.45) is 2.42. The number of phosphoric acid groups is 1. The van der Waals surface area contributed by atoms with Crippen LogP contribution in [0.15, 0.2) is 0 Å². The summed E-state index contributed by atoms with van der Waals surface area (Å²) in [5, 5.41) is 58.5. The van der Waals surface area contributed by atoms with E-state index in [9.17, 15) is 44.9 Å². The average Bonchev–Trinajstić information content (AvgIpc) is 2.89. The molecule has 0 aliphatic heterocycles. The van der Waals surface area contributed by atoms with E-state index in [1.54, 1.807) is 0 Å². The molecule has 0 saturated heterocycles. The standard InChI is InChI=1S/C25H49O12P/c1-2-3-4-5-6-7-8-9-10-11-12-13-14-15-19(27)35-16-18(26)17-36-38(33,34)37-25-23(31)21(29)20(28)22(30)24(25)32/h18,20-26,28-32H,2-17H2,1H3,(H,33,34)/t18-,20?,21-,22?,23?,24?,25?/m1/s1. The molecule has 0 aromatic heterocycles. The molecule has 0 aromatic carbocycles. The van der Waals surface area contributed by atoms with E-state index in [1.165, 1.54) is 57.8 Å². The van der Waals surface area contributed by atoms with Gasteiger partial charge in [-0.2, -0.15) is 0 Å². The summed E-state index contributed by atoms with van der Waals surface area (Å²) >= 11 is 0. The Hall–Kier alpha value is -0.660. The second-order valence-electron chi connectivity index (χ2n) is 10.1. The highest BCUT2D eigenvalue weighted by Gasteiger charge is 2.51. The first-order valence-corrected chi connectivity index (χ1v) is 15.4. The monoisotopic (exact) mass is 572 g/mol. The summed E-state index contributed by atoms with van der Waals surface area (Å²) in [6.45, 7) is 0.973. The number of carbonyl (C=O) groups excluding carboxylic acids is 1. The molecule has 1 rings (SSSR count). The molecular formula is C25H49O12P. The molecule has 13 heteroatoms. The van der Waals surface area contributed by atoms with Crippen LogP contribution in [-0.2, 0) is 23.1 Å². The fourth-order valence-corrected chi connectivity index (χ4v) is 5.26. The number of hydrogen-bond donors (Lipinski definition) is 7. The first-order valence-electron chi connectivity index (χ1n) is 13.9. The maximum atomic E-state index is 12.1. The molecule has 8 atom stereocenters. The molecule has 0 amide bonds. The van der Waals surface area contributed by atoms with Crippen molar-refractivity contribution in [1.82, 2.24) is 0 Å². The minimum absolute atomic E-state index is 0.195. The van der Waals surface area contributed by atoms with Crippen molar-refractivity contribution in [1.29, 1.82) is 0 Å². The quantitative estimate of drug-likeness (QED) is 0.0596. The predicted molar refractivity (Wildman–Crippen MR) is 138 cm³/mol. The maximum absolute atomic E-state index is 12.1. The molecule has 0 radical (unpaired) electrons. The number of hydrogen-bond acceptors (Lipinski definition) is 11. The SMILES string of the molecule is CCCCCCCCCCCCCCCC(=O)OC[C@@H](O)COP(=O)(O)OC1C(O)C(O)C(O)[C@@H](O)C1O. The predicted octanol–water partition coefficient (Wildman–Crippen LogP) is 1.69. The summed E-state index contributed by atoms with van der Waals surface area (Å²) in [5.41, 5.74) is 0. The van der Waals surface area contributed by atoms with E-state index >= 15 is 0 Å². The highest BCUT2D eigenvalue weighted by Crippen LogP contribution is 2.47. The van der Waals surface area contributed by atoms with Crippen molar-refractivity contribution in [3.05, 3.63) is 0 Å². The lowest BCUT2D eigenvalue weighted by atomic mass is 9.85. The number of esters is 1. The van der Waals surface area contributed by atoms with Gasteiger partial charge in [0.15, 0.2) is 0 Å². The Morgan fingerprint density at radius 2 is 1.13 bits per heavy atom. The largest absolute Gasteiger partial charge is 0.472 e. The Kier molecular flexibility index (Phi) is 18.1. The van der Waals surface area contributed by atoms with Gasteiger partial charge in [-0.25, -0.2) is 4.57 Å². The Morgan fingerprint density at radius 1 is 0.711 bits per heavy atom. The number of carbonyl (C=O) groups is 1. The van der Waals surface area contributed by atoms with Gasteiger partial charge in [0.25, 0.3) is 0 Å². The lowest BCUT2D eigenvalue weighted by molar-refractivity contribution is -0.220. The van der Waals surface area contributed by atoms with Gasteiger partial charge in [0, 0.05) is 6.42 Å². The number of ether oxygens (including phenoxy) is 1. The van der Waals surface area contributed by atoms with Gasteiger partial charge in [-0.05, 0) is 6.42 Å². The van der Waals surface area contributed by atoms with Gasteiger partial charge in [0.2, 0.25) is 0 Å². The molecule has 38 heavy (non-hydrogen) atoms. The van der Waals surface area contributed by atoms with Crippen molar-refractivity contribution in [3.63, 3.8) is 0 Å². The fourth-order valence-electron chi connectivity index (χ4n) is 4.28. The minimum Gasteiger partial charge on any atom is -0.463 e. The second-order valence-corrected chi connectivity index (χ2v) is 11.5. The van der Waals surface area contributed by atoms with Crippen LogP contribution in [0.4, 0.5) is 0 Å². The van der Waals surface area contributed by atoms with E-state index in [4.69, 9.17) is 4.74 Å². The molecular weight excluding hydrogens is 523 g/mol. The third-order valence-electron chi connectivity index (χ3n) is 6.68. The molecule has 1 aliphatic carbocycles. The normalized spacial score (nSPS) is 28.1. The topological polar surface area (TPSA) is 203 Å². The van der Waals surface area contributed by atoms with E-state index in [0.29, 0.717) is 6.42 Å². The zero-order valence-electron chi connectivity index (χ0n) is 22.5. The Balaban J connectivity index is 2.11. The summed E-state index contributed by atoms with van der Waals surface area (Å²) in [5.74, 6) is -0.509. The lowest BCUT2D eigenvalue weighted by Gasteiger charge is -2.41. The number of aliphatic hydroxyl groups excluding tert-OH is 6. The van der Waals surface area contributed by atoms with Crippen molar-refractivity contribution in [2.75, 3.05) is 13.2 Å². The Bertz CT molecular complexity index is 665. The van der Waals surface area contributed by atoms with E-state index in [2.05, 4.69) is 16.0 Å². The highest BCUT2D eigenvalue weighted by atomic mass is 31.2. The fraction of sp³-hybridized carbons (Fsp3) is 0.960. The van der Waals surface area contributed by atoms with E-state index < -0.39 is 69.7 Å². The first-order chi connectivity index (χ1) is 18.0. The maximum Gasteiger partial charge on any atom is 0.472 e. The summed E-state index contributed by atoms with van der Waals surface area (Å²) in [7, 11) is -4.98. The molecule has 226 valence electrons. The molecule has 12 nitrogen and oxygen atoms in total. The number of unbranched alkanes of at least 4 members (excludes halogenated alkanes) is 12. The molecule has 1 aliphatic rings. The third-order valence-corrected chi connectivity index (χ3v) is 7.66. The van der Waals surface area contributed by atoms with Crippen molar-refractivity contribution in [3.8, 4) is 0 Å². The van der Waals surface area contributed by atoms with Gasteiger partial charge in [-0.15, -0.1) is 0 Å². The molecule has 0 spiro atoms. The number of rotatable bonds is 21. The van der Waals surface area contributed by atoms with Crippen LogP contribution in [0.3, 0.4) is 0 Å². The molecule has 1 saturated carbocycles. The van der Waals surface area contributed by atoms with Crippen LogP contribution in [0.1, 0.15) is 96.8 Å². The van der Waals surface area contributed by atoms with Gasteiger partial charge in [0.05, 0.1) is 6.61 Å². The van der Waals surface area contributed by atoms with Gasteiger partial charge in [0.1, 0.15) is 49.3 Å². The third kappa shape index (κ3) is 14.1. The Labute approximate surface area is 225 Å². The molecule has 0 aromatic rings. The van der Waals surface area contributed by atoms with Crippen LogP contribution in [0.2, 0.25) is 0 Å². The van der Waals surface area contributed by atoms with E-state index in [1.807, 2.05) is 0 Å². The smallest absolute Gasteiger partial charge is 0.463 e. The lowest BCUT2D eigenvalue weighted by Crippen LogP contribution is -2.64. The first kappa shape index (κ1) is 35.4. The summed E-state index contributed by atoms with van der Waals surface area (Å²) < 4.78 is 26.3. The van der Waals surface area contributed by atoms with E-state index in [-0.39, 0.29) is 6.42 Å². The van der Waals surface area contributed by atoms with Crippen molar-refractivity contribution < 1.29 is 58.7 Å². The molecule has 0 heterocycles. The van der Waals surface area contributed by atoms with E-state index in [0.717, 1.165) is 19.3 Å². The van der Waals surface area contributed by atoms with Crippen LogP contribution in [0.5, 0.6) is 0 Å². The number of aliphatic hydroxyl groups is 6. The zero-order valence-corrected chi connectivity index (χ0v) is 23.4. The molecule has 7 N–H and O–H groups in total. The van der Waals surface area contributed by atoms with Crippen LogP contribution in [0, 0.1) is 0 Å². The van der Waals surface area contributed by atoms with Gasteiger partial charge < -0.3 is 40.3 Å². The van der Waals surface area contributed by atoms with Gasteiger partial charge >= 0.3 is 13.8 Å².